The summed E-state index contributed by atoms with van der Waals surface area (Å²) in [5.41, 5.74) is 4.91. The molecule has 0 N–H and O–H groups in total. The average molecular weight is 408 g/mol. The molecule has 5 heteroatoms. The third kappa shape index (κ3) is 4.84. The van der Waals surface area contributed by atoms with E-state index in [2.05, 4.69) is 52.6 Å². The van der Waals surface area contributed by atoms with Crippen molar-refractivity contribution in [3.8, 4) is 0 Å². The Morgan fingerprint density at radius 2 is 1.83 bits per heavy atom. The molecule has 1 aliphatic heterocycles. The number of carbonyl (C=O) groups is 1. The van der Waals surface area contributed by atoms with Gasteiger partial charge < -0.3 is 9.47 Å². The summed E-state index contributed by atoms with van der Waals surface area (Å²) >= 11 is 1.76. The third-order valence-corrected chi connectivity index (χ3v) is 7.00. The highest BCUT2D eigenvalue weighted by Crippen LogP contribution is 2.24. The van der Waals surface area contributed by atoms with Gasteiger partial charge in [0, 0.05) is 36.7 Å². The maximum absolute atomic E-state index is 12.6. The Hall–Kier alpha value is -2.27. The van der Waals surface area contributed by atoms with E-state index in [4.69, 9.17) is 0 Å². The zero-order valence-electron chi connectivity index (χ0n) is 17.3. The number of rotatable bonds is 6. The predicted molar refractivity (Wildman–Crippen MR) is 120 cm³/mol. The van der Waals surface area contributed by atoms with Gasteiger partial charge in [0.05, 0.1) is 17.4 Å². The number of hydrogen-bond acceptors (Lipinski definition) is 3. The van der Waals surface area contributed by atoms with Crippen LogP contribution in [0.1, 0.15) is 30.4 Å². The topological polar surface area (TPSA) is 38.1 Å². The number of aryl methyl sites for hydroxylation is 2. The van der Waals surface area contributed by atoms with Gasteiger partial charge in [0.2, 0.25) is 5.91 Å². The Labute approximate surface area is 177 Å². The summed E-state index contributed by atoms with van der Waals surface area (Å²) in [5.74, 6) is 1.76. The van der Waals surface area contributed by atoms with Gasteiger partial charge in [0.15, 0.2) is 0 Å². The van der Waals surface area contributed by atoms with Crippen LogP contribution in [0, 0.1) is 19.8 Å². The largest absolute Gasteiger partial charge is 0.343 e. The average Bonchev–Trinajstić information content (AvgIpc) is 3.11. The Morgan fingerprint density at radius 3 is 2.59 bits per heavy atom. The summed E-state index contributed by atoms with van der Waals surface area (Å²) < 4.78 is 2.29. The number of benzene rings is 2. The molecule has 0 bridgehead atoms. The van der Waals surface area contributed by atoms with E-state index in [-0.39, 0.29) is 0 Å². The molecule has 2 aromatic carbocycles. The molecular weight excluding hydrogens is 378 g/mol. The number of carbonyl (C=O) groups excluding carboxylic acids is 1. The molecule has 0 unspecified atom stereocenters. The van der Waals surface area contributed by atoms with Crippen LogP contribution in [-0.4, -0.2) is 39.2 Å². The van der Waals surface area contributed by atoms with E-state index in [1.54, 1.807) is 11.8 Å². The fraction of sp³-hybridized carbons (Fsp3) is 0.417. The van der Waals surface area contributed by atoms with Crippen molar-refractivity contribution < 1.29 is 4.79 Å². The van der Waals surface area contributed by atoms with Crippen molar-refractivity contribution in [3.05, 3.63) is 59.9 Å². The fourth-order valence-electron chi connectivity index (χ4n) is 4.03. The van der Waals surface area contributed by atoms with Gasteiger partial charge in [-0.15, -0.1) is 11.8 Å². The van der Waals surface area contributed by atoms with Crippen LogP contribution in [0.5, 0.6) is 0 Å². The summed E-state index contributed by atoms with van der Waals surface area (Å²) in [7, 11) is 0. The van der Waals surface area contributed by atoms with E-state index < -0.39 is 0 Å². The zero-order valence-corrected chi connectivity index (χ0v) is 18.1. The van der Waals surface area contributed by atoms with Crippen molar-refractivity contribution in [2.45, 2.75) is 44.6 Å². The molecule has 1 aromatic heterocycles. The van der Waals surface area contributed by atoms with Crippen LogP contribution >= 0.6 is 11.8 Å². The quantitative estimate of drug-likeness (QED) is 0.535. The number of imidazole rings is 1. The summed E-state index contributed by atoms with van der Waals surface area (Å²) in [6, 6.07) is 14.7. The highest BCUT2D eigenvalue weighted by Gasteiger charge is 2.23. The van der Waals surface area contributed by atoms with Crippen LogP contribution < -0.4 is 0 Å². The van der Waals surface area contributed by atoms with Crippen molar-refractivity contribution in [1.82, 2.24) is 14.5 Å². The maximum atomic E-state index is 12.6. The number of piperidine rings is 1. The lowest BCUT2D eigenvalue weighted by Crippen LogP contribution is -2.39. The van der Waals surface area contributed by atoms with Crippen molar-refractivity contribution >= 4 is 28.7 Å². The third-order valence-electron chi connectivity index (χ3n) is 5.99. The number of fused-ring (bicyclic) bond motifs is 1. The molecule has 0 atom stereocenters. The minimum absolute atomic E-state index is 0.297. The minimum atomic E-state index is 0.297. The monoisotopic (exact) mass is 407 g/mol. The Bertz CT molecular complexity index is 974. The molecule has 152 valence electrons. The first-order valence-corrected chi connectivity index (χ1v) is 11.5. The number of nitrogens with zero attached hydrogens (tertiary/aromatic N) is 3. The lowest BCUT2D eigenvalue weighted by atomic mass is 9.96. The molecule has 0 radical (unpaired) electrons. The van der Waals surface area contributed by atoms with E-state index in [0.717, 1.165) is 43.7 Å². The molecule has 1 amide bonds. The van der Waals surface area contributed by atoms with Gasteiger partial charge in [-0.05, 0) is 68.0 Å². The van der Waals surface area contributed by atoms with Gasteiger partial charge in [-0.3, -0.25) is 4.79 Å². The second kappa shape index (κ2) is 9.04. The zero-order chi connectivity index (χ0) is 20.2. The predicted octanol–water partition coefficient (Wildman–Crippen LogP) is 5.07. The summed E-state index contributed by atoms with van der Waals surface area (Å²) in [6.07, 6.45) is 4.74. The molecule has 3 aromatic rings. The van der Waals surface area contributed by atoms with E-state index in [1.807, 2.05) is 24.5 Å². The van der Waals surface area contributed by atoms with Crippen LogP contribution in [0.15, 0.2) is 53.7 Å². The first-order valence-electron chi connectivity index (χ1n) is 10.5. The maximum Gasteiger partial charge on any atom is 0.223 e. The highest BCUT2D eigenvalue weighted by atomic mass is 32.2. The molecule has 1 aliphatic rings. The van der Waals surface area contributed by atoms with Crippen molar-refractivity contribution in [2.24, 2.45) is 5.92 Å². The van der Waals surface area contributed by atoms with E-state index in [9.17, 15) is 4.79 Å². The van der Waals surface area contributed by atoms with Crippen LogP contribution in [0.2, 0.25) is 0 Å². The van der Waals surface area contributed by atoms with Crippen molar-refractivity contribution in [2.75, 3.05) is 18.8 Å². The van der Waals surface area contributed by atoms with Crippen LogP contribution in [-0.2, 0) is 11.3 Å². The molecule has 2 heterocycles. The molecule has 4 nitrogen and oxygen atoms in total. The lowest BCUT2D eigenvalue weighted by molar-refractivity contribution is -0.132. The van der Waals surface area contributed by atoms with Gasteiger partial charge in [-0.1, -0.05) is 18.2 Å². The number of amides is 1. The Balaban J connectivity index is 1.26. The van der Waals surface area contributed by atoms with Gasteiger partial charge in [-0.2, -0.15) is 0 Å². The molecule has 0 saturated carbocycles. The van der Waals surface area contributed by atoms with E-state index >= 15 is 0 Å². The molecule has 1 saturated heterocycles. The standard InChI is InChI=1S/C24H29N3OS/c1-18-14-22-23(15-19(18)2)27(17-25-22)16-20-8-11-26(12-9-20)24(28)10-13-29-21-6-4-3-5-7-21/h3-7,14-15,17,20H,8-13,16H2,1-2H3. The summed E-state index contributed by atoms with van der Waals surface area (Å²) in [5, 5.41) is 0. The smallest absolute Gasteiger partial charge is 0.223 e. The number of aromatic nitrogens is 2. The highest BCUT2D eigenvalue weighted by molar-refractivity contribution is 7.99. The van der Waals surface area contributed by atoms with Crippen molar-refractivity contribution in [1.29, 1.82) is 0 Å². The molecule has 0 spiro atoms. The van der Waals surface area contributed by atoms with Crippen LogP contribution in [0.3, 0.4) is 0 Å². The fourth-order valence-corrected chi connectivity index (χ4v) is 4.89. The minimum Gasteiger partial charge on any atom is -0.343 e. The van der Waals surface area contributed by atoms with Gasteiger partial charge in [0.1, 0.15) is 0 Å². The molecule has 1 fully saturated rings. The summed E-state index contributed by atoms with van der Waals surface area (Å²) in [4.78, 5) is 20.4. The lowest BCUT2D eigenvalue weighted by Gasteiger charge is -2.32. The second-order valence-electron chi connectivity index (χ2n) is 8.06. The normalized spacial score (nSPS) is 15.2. The Morgan fingerprint density at radius 1 is 1.10 bits per heavy atom. The van der Waals surface area contributed by atoms with E-state index in [0.29, 0.717) is 18.2 Å². The Kier molecular flexibility index (Phi) is 6.24. The SMILES string of the molecule is Cc1cc2ncn(CC3CCN(C(=O)CCSc4ccccc4)CC3)c2cc1C. The van der Waals surface area contributed by atoms with Gasteiger partial charge >= 0.3 is 0 Å². The number of hydrogen-bond donors (Lipinski definition) is 0. The molecule has 0 aliphatic carbocycles. The number of thioether (sulfide) groups is 1. The molecule has 29 heavy (non-hydrogen) atoms. The van der Waals surface area contributed by atoms with Gasteiger partial charge in [-0.25, -0.2) is 4.98 Å². The van der Waals surface area contributed by atoms with E-state index in [1.165, 1.54) is 21.5 Å². The second-order valence-corrected chi connectivity index (χ2v) is 9.23. The molecular formula is C24H29N3OS. The molecule has 4 rings (SSSR count). The first kappa shape index (κ1) is 20.0. The van der Waals surface area contributed by atoms with Crippen molar-refractivity contribution in [3.63, 3.8) is 0 Å². The van der Waals surface area contributed by atoms with Crippen LogP contribution in [0.25, 0.3) is 11.0 Å². The first-order chi connectivity index (χ1) is 14.1. The van der Waals surface area contributed by atoms with Crippen LogP contribution in [0.4, 0.5) is 0 Å². The summed E-state index contributed by atoms with van der Waals surface area (Å²) in [6.45, 7) is 7.05. The van der Waals surface area contributed by atoms with Gasteiger partial charge in [0.25, 0.3) is 0 Å². The number of likely N-dealkylation sites (tertiary alicyclic amines) is 1.